The van der Waals surface area contributed by atoms with Gasteiger partial charge in [-0.25, -0.2) is 4.98 Å². The van der Waals surface area contributed by atoms with Crippen LogP contribution in [0.25, 0.3) is 10.9 Å². The number of hydrogen-bond donors (Lipinski definition) is 1. The van der Waals surface area contributed by atoms with Crippen molar-refractivity contribution < 1.29 is 5.11 Å². The molecule has 0 spiro atoms. The summed E-state index contributed by atoms with van der Waals surface area (Å²) in [6.07, 6.45) is 4.82. The maximum Gasteiger partial charge on any atom is 0.141 e. The van der Waals surface area contributed by atoms with Crippen LogP contribution in [0.15, 0.2) is 54.7 Å². The smallest absolute Gasteiger partial charge is 0.141 e. The molecular weight excluding hydrogens is 272 g/mol. The average molecular weight is 292 g/mol. The van der Waals surface area contributed by atoms with E-state index in [0.717, 1.165) is 36.0 Å². The molecule has 2 heterocycles. The number of para-hydroxylation sites is 1. The van der Waals surface area contributed by atoms with Gasteiger partial charge in [-0.1, -0.05) is 31.2 Å². The zero-order chi connectivity index (χ0) is 15.4. The molecule has 0 fully saturated rings. The van der Waals surface area contributed by atoms with Crippen molar-refractivity contribution >= 4 is 10.9 Å². The van der Waals surface area contributed by atoms with Crippen LogP contribution in [0.3, 0.4) is 0 Å². The van der Waals surface area contributed by atoms with Gasteiger partial charge >= 0.3 is 0 Å². The topological polar surface area (TPSA) is 46.0 Å². The van der Waals surface area contributed by atoms with Crippen molar-refractivity contribution in [3.63, 3.8) is 0 Å². The Morgan fingerprint density at radius 1 is 1.00 bits per heavy atom. The molecule has 3 nitrogen and oxygen atoms in total. The van der Waals surface area contributed by atoms with Crippen LogP contribution in [0.5, 0.6) is 5.75 Å². The van der Waals surface area contributed by atoms with Gasteiger partial charge < -0.3 is 5.11 Å². The van der Waals surface area contributed by atoms with E-state index in [1.54, 1.807) is 6.07 Å². The Hall–Kier alpha value is -2.42. The summed E-state index contributed by atoms with van der Waals surface area (Å²) in [5.74, 6) is 0.776. The quantitative estimate of drug-likeness (QED) is 0.768. The molecule has 0 bridgehead atoms. The van der Waals surface area contributed by atoms with Gasteiger partial charge in [-0.15, -0.1) is 0 Å². The number of rotatable bonds is 5. The normalized spacial score (nSPS) is 12.4. The summed E-state index contributed by atoms with van der Waals surface area (Å²) in [6.45, 7) is 2.24. The predicted molar refractivity (Wildman–Crippen MR) is 88.8 cm³/mol. The molecule has 3 aromatic rings. The second-order valence-electron chi connectivity index (χ2n) is 5.82. The number of aromatic nitrogens is 2. The number of pyridine rings is 2. The fourth-order valence-electron chi connectivity index (χ4n) is 2.68. The molecule has 0 aliphatic heterocycles. The minimum absolute atomic E-state index is 0.250. The minimum atomic E-state index is 0.250. The van der Waals surface area contributed by atoms with Crippen LogP contribution >= 0.6 is 0 Å². The summed E-state index contributed by atoms with van der Waals surface area (Å²) < 4.78 is 0. The van der Waals surface area contributed by atoms with Crippen LogP contribution in [0.2, 0.25) is 0 Å². The van der Waals surface area contributed by atoms with Crippen LogP contribution in [0.1, 0.15) is 24.7 Å². The van der Waals surface area contributed by atoms with Crippen LogP contribution in [-0.2, 0) is 12.8 Å². The molecule has 3 heteroatoms. The molecule has 1 atom stereocenters. The van der Waals surface area contributed by atoms with E-state index in [2.05, 4.69) is 29.0 Å². The van der Waals surface area contributed by atoms with E-state index in [0.29, 0.717) is 11.4 Å². The summed E-state index contributed by atoms with van der Waals surface area (Å²) in [5, 5.41) is 10.9. The van der Waals surface area contributed by atoms with Gasteiger partial charge in [0.15, 0.2) is 0 Å². The monoisotopic (exact) mass is 292 g/mol. The first-order chi connectivity index (χ1) is 10.7. The summed E-state index contributed by atoms with van der Waals surface area (Å²) in [7, 11) is 0. The van der Waals surface area contributed by atoms with Crippen molar-refractivity contribution in [2.24, 2.45) is 5.92 Å². The molecule has 1 aromatic carbocycles. The zero-order valence-electron chi connectivity index (χ0n) is 12.7. The molecule has 1 N–H and O–H groups in total. The molecule has 1 unspecified atom stereocenters. The van der Waals surface area contributed by atoms with Gasteiger partial charge in [0.1, 0.15) is 11.3 Å². The molecule has 0 aliphatic carbocycles. The number of aromatic hydroxyl groups is 1. The van der Waals surface area contributed by atoms with E-state index < -0.39 is 0 Å². The van der Waals surface area contributed by atoms with E-state index in [-0.39, 0.29) is 5.75 Å². The fourth-order valence-corrected chi connectivity index (χ4v) is 2.68. The number of hydrogen-bond acceptors (Lipinski definition) is 3. The Morgan fingerprint density at radius 3 is 2.73 bits per heavy atom. The van der Waals surface area contributed by atoms with Crippen molar-refractivity contribution in [2.45, 2.75) is 26.2 Å². The molecule has 112 valence electrons. The largest absolute Gasteiger partial charge is 0.506 e. The number of benzene rings is 1. The zero-order valence-corrected chi connectivity index (χ0v) is 12.7. The lowest BCUT2D eigenvalue weighted by Gasteiger charge is -2.11. The molecule has 0 aliphatic rings. The number of nitrogens with zero attached hydrogens (tertiary/aromatic N) is 2. The third kappa shape index (κ3) is 3.42. The number of fused-ring (bicyclic) bond motifs is 1. The van der Waals surface area contributed by atoms with E-state index in [4.69, 9.17) is 0 Å². The van der Waals surface area contributed by atoms with Crippen molar-refractivity contribution in [3.8, 4) is 5.75 Å². The fraction of sp³-hybridized carbons (Fsp3) is 0.263. The molecule has 0 saturated carbocycles. The summed E-state index contributed by atoms with van der Waals surface area (Å²) in [4.78, 5) is 8.97. The Kier molecular flexibility index (Phi) is 4.33. The van der Waals surface area contributed by atoms with E-state index >= 15 is 0 Å². The highest BCUT2D eigenvalue weighted by Gasteiger charge is 2.08. The van der Waals surface area contributed by atoms with Gasteiger partial charge in [-0.05, 0) is 49.4 Å². The maximum absolute atomic E-state index is 9.91. The predicted octanol–water partition coefficient (Wildman–Crippen LogP) is 4.15. The van der Waals surface area contributed by atoms with Crippen molar-refractivity contribution in [2.75, 3.05) is 0 Å². The Bertz CT molecular complexity index is 756. The lowest BCUT2D eigenvalue weighted by atomic mass is 9.98. The van der Waals surface area contributed by atoms with Crippen LogP contribution in [-0.4, -0.2) is 15.1 Å². The molecule has 2 aromatic heterocycles. The Labute approximate surface area is 130 Å². The van der Waals surface area contributed by atoms with Crippen LogP contribution in [0, 0.1) is 5.92 Å². The minimum Gasteiger partial charge on any atom is -0.506 e. The average Bonchev–Trinajstić information content (AvgIpc) is 2.55. The molecular formula is C19H20N2O. The number of aryl methyl sites for hydroxylation is 1. The van der Waals surface area contributed by atoms with Crippen molar-refractivity contribution in [1.29, 1.82) is 0 Å². The van der Waals surface area contributed by atoms with Crippen LogP contribution in [0.4, 0.5) is 0 Å². The second kappa shape index (κ2) is 6.56. The third-order valence-corrected chi connectivity index (χ3v) is 3.93. The first-order valence-electron chi connectivity index (χ1n) is 7.70. The first kappa shape index (κ1) is 14.5. The summed E-state index contributed by atoms with van der Waals surface area (Å²) in [5.41, 5.74) is 2.86. The highest BCUT2D eigenvalue weighted by Crippen LogP contribution is 2.23. The molecule has 3 rings (SSSR count). The first-order valence-corrected chi connectivity index (χ1v) is 7.70. The maximum atomic E-state index is 9.91. The third-order valence-electron chi connectivity index (χ3n) is 3.93. The Morgan fingerprint density at radius 2 is 1.91 bits per heavy atom. The van der Waals surface area contributed by atoms with Gasteiger partial charge in [-0.2, -0.15) is 0 Å². The summed E-state index contributed by atoms with van der Waals surface area (Å²) in [6, 6.07) is 15.6. The van der Waals surface area contributed by atoms with Crippen LogP contribution < -0.4 is 0 Å². The lowest BCUT2D eigenvalue weighted by Crippen LogP contribution is -2.04. The van der Waals surface area contributed by atoms with E-state index in [1.165, 1.54) is 0 Å². The highest BCUT2D eigenvalue weighted by atomic mass is 16.3. The molecule has 0 saturated heterocycles. The number of phenols is 1. The van der Waals surface area contributed by atoms with Gasteiger partial charge in [0, 0.05) is 23.0 Å². The van der Waals surface area contributed by atoms with Gasteiger partial charge in [0.2, 0.25) is 0 Å². The molecule has 22 heavy (non-hydrogen) atoms. The van der Waals surface area contributed by atoms with Crippen molar-refractivity contribution in [3.05, 3.63) is 66.1 Å². The lowest BCUT2D eigenvalue weighted by molar-refractivity contribution is 0.479. The molecule has 0 radical (unpaired) electrons. The highest BCUT2D eigenvalue weighted by molar-refractivity contribution is 5.84. The number of phenolic OH excluding ortho intramolecular Hbond substituents is 1. The second-order valence-corrected chi connectivity index (χ2v) is 5.82. The SMILES string of the molecule is CC(CCc1ccccn1)Cc1ccc2cccc(O)c2n1. The van der Waals surface area contributed by atoms with Gasteiger partial charge in [-0.3, -0.25) is 4.98 Å². The standard InChI is InChI=1S/C19H20N2O/c1-14(8-10-16-6-2-3-12-20-16)13-17-11-9-15-5-4-7-18(22)19(15)21-17/h2-7,9,11-12,14,22H,8,10,13H2,1H3. The van der Waals surface area contributed by atoms with E-state index in [1.807, 2.05) is 36.5 Å². The van der Waals surface area contributed by atoms with Crippen molar-refractivity contribution in [1.82, 2.24) is 9.97 Å². The molecule has 0 amide bonds. The van der Waals surface area contributed by atoms with Gasteiger partial charge in [0.05, 0.1) is 0 Å². The van der Waals surface area contributed by atoms with Gasteiger partial charge in [0.25, 0.3) is 0 Å². The van der Waals surface area contributed by atoms with E-state index in [9.17, 15) is 5.11 Å². The summed E-state index contributed by atoms with van der Waals surface area (Å²) >= 11 is 0. The Balaban J connectivity index is 1.66.